The number of phenolic OH excluding ortho intramolecular Hbond substituents is 1. The summed E-state index contributed by atoms with van der Waals surface area (Å²) in [5, 5.41) is 27.1. The van der Waals surface area contributed by atoms with Crippen molar-refractivity contribution in [2.45, 2.75) is 43.4 Å². The summed E-state index contributed by atoms with van der Waals surface area (Å²) in [5.74, 6) is -2.39. The monoisotopic (exact) mass is 562 g/mol. The molecule has 206 valence electrons. The first-order valence-electron chi connectivity index (χ1n) is 12.0. The maximum absolute atomic E-state index is 13.3. The molecule has 7 N–H and O–H groups in total. The van der Waals surface area contributed by atoms with Gasteiger partial charge < -0.3 is 31.9 Å². The highest BCUT2D eigenvalue weighted by Crippen LogP contribution is 2.13. The lowest BCUT2D eigenvalue weighted by Crippen LogP contribution is -2.58. The summed E-state index contributed by atoms with van der Waals surface area (Å²) in [6.45, 7) is 0. The molecule has 0 aliphatic heterocycles. The molecule has 0 heterocycles. The number of hydrogen-bond acceptors (Lipinski definition) is 8. The molecular formula is C26H34N4O6S2. The predicted molar refractivity (Wildman–Crippen MR) is 150 cm³/mol. The Kier molecular flexibility index (Phi) is 13.0. The molecular weight excluding hydrogens is 528 g/mol. The van der Waals surface area contributed by atoms with Crippen LogP contribution in [0.25, 0.3) is 0 Å². The van der Waals surface area contributed by atoms with Gasteiger partial charge in [0.1, 0.15) is 23.9 Å². The first kappa shape index (κ1) is 31.0. The molecule has 0 aromatic heterocycles. The Hall–Kier alpha value is -3.22. The Bertz CT molecular complexity index is 1070. The maximum atomic E-state index is 13.3. The molecule has 2 rings (SSSR count). The number of hydrogen-bond donors (Lipinski definition) is 7. The van der Waals surface area contributed by atoms with E-state index in [2.05, 4.69) is 28.6 Å². The number of benzene rings is 2. The Morgan fingerprint density at radius 2 is 1.37 bits per heavy atom. The number of amides is 3. The lowest BCUT2D eigenvalue weighted by atomic mass is 10.0. The third-order valence-electron chi connectivity index (χ3n) is 5.68. The van der Waals surface area contributed by atoms with Crippen LogP contribution in [-0.4, -0.2) is 75.8 Å². The fourth-order valence-corrected chi connectivity index (χ4v) is 4.17. The van der Waals surface area contributed by atoms with E-state index in [0.29, 0.717) is 11.3 Å². The number of carboxylic acids is 1. The van der Waals surface area contributed by atoms with Crippen molar-refractivity contribution in [1.82, 2.24) is 16.0 Å². The minimum atomic E-state index is -1.23. The van der Waals surface area contributed by atoms with Gasteiger partial charge in [0.2, 0.25) is 17.7 Å². The molecule has 4 unspecified atom stereocenters. The number of carbonyl (C=O) groups is 4. The molecule has 0 radical (unpaired) electrons. The van der Waals surface area contributed by atoms with Gasteiger partial charge in [0.15, 0.2) is 0 Å². The van der Waals surface area contributed by atoms with Crippen molar-refractivity contribution in [3.8, 4) is 5.75 Å². The van der Waals surface area contributed by atoms with Crippen molar-refractivity contribution in [2.75, 3.05) is 17.8 Å². The average Bonchev–Trinajstić information content (AvgIpc) is 2.91. The molecule has 0 bridgehead atoms. The minimum Gasteiger partial charge on any atom is -0.508 e. The number of nitrogens with two attached hydrogens (primary N) is 1. The second-order valence-corrected chi connectivity index (χ2v) is 10.0. The number of thiol groups is 1. The molecule has 2 aromatic carbocycles. The summed E-state index contributed by atoms with van der Waals surface area (Å²) in [7, 11) is 0. The summed E-state index contributed by atoms with van der Waals surface area (Å²) in [5.41, 5.74) is 7.09. The number of thioether (sulfide) groups is 1. The van der Waals surface area contributed by atoms with Gasteiger partial charge in [0, 0.05) is 18.6 Å². The molecule has 0 saturated carbocycles. The van der Waals surface area contributed by atoms with Gasteiger partial charge in [0.05, 0.1) is 6.04 Å². The molecule has 2 aromatic rings. The summed E-state index contributed by atoms with van der Waals surface area (Å²) < 4.78 is 0. The Balaban J connectivity index is 2.25. The second-order valence-electron chi connectivity index (χ2n) is 8.65. The Labute approximate surface area is 231 Å². The van der Waals surface area contributed by atoms with Crippen molar-refractivity contribution >= 4 is 48.1 Å². The molecule has 0 fully saturated rings. The van der Waals surface area contributed by atoms with Crippen molar-refractivity contribution < 1.29 is 29.4 Å². The van der Waals surface area contributed by atoms with Crippen LogP contribution in [0.4, 0.5) is 0 Å². The molecule has 0 saturated heterocycles. The van der Waals surface area contributed by atoms with Gasteiger partial charge in [-0.15, -0.1) is 0 Å². The first-order valence-corrected chi connectivity index (χ1v) is 14.0. The largest absolute Gasteiger partial charge is 0.508 e. The molecule has 0 aliphatic carbocycles. The van der Waals surface area contributed by atoms with Crippen molar-refractivity contribution in [3.63, 3.8) is 0 Å². The quantitative estimate of drug-likeness (QED) is 0.156. The van der Waals surface area contributed by atoms with E-state index in [4.69, 9.17) is 5.73 Å². The number of nitrogens with one attached hydrogen (secondary N) is 3. The topological polar surface area (TPSA) is 171 Å². The summed E-state index contributed by atoms with van der Waals surface area (Å²) in [6, 6.07) is 10.7. The van der Waals surface area contributed by atoms with E-state index in [1.54, 1.807) is 42.5 Å². The van der Waals surface area contributed by atoms with Crippen LogP contribution in [0.5, 0.6) is 5.75 Å². The predicted octanol–water partition coefficient (Wildman–Crippen LogP) is 0.727. The number of rotatable bonds is 15. The fraction of sp³-hybridized carbons (Fsp3) is 0.385. The van der Waals surface area contributed by atoms with Crippen molar-refractivity contribution in [3.05, 3.63) is 65.7 Å². The highest BCUT2D eigenvalue weighted by atomic mass is 32.2. The molecule has 4 atom stereocenters. The standard InChI is InChI=1S/C26H34N4O6S2/c1-38-12-11-20(28-23(32)19(27)15-37)24(33)29-21(13-17-7-9-18(31)10-8-17)25(34)30-22(26(35)36)14-16-5-3-2-4-6-16/h2-10,19-22,31,37H,11-15,27H2,1H3,(H,28,32)(H,29,33)(H,30,34)(H,35,36). The molecule has 12 heteroatoms. The van der Waals surface area contributed by atoms with E-state index in [1.807, 2.05) is 6.26 Å². The Morgan fingerprint density at radius 1 is 0.842 bits per heavy atom. The highest BCUT2D eigenvalue weighted by Gasteiger charge is 2.30. The zero-order chi connectivity index (χ0) is 28.1. The van der Waals surface area contributed by atoms with E-state index in [9.17, 15) is 29.4 Å². The number of aliphatic carboxylic acids is 1. The first-order chi connectivity index (χ1) is 18.1. The van der Waals surface area contributed by atoms with E-state index in [-0.39, 0.29) is 30.8 Å². The minimum absolute atomic E-state index is 0.0227. The van der Waals surface area contributed by atoms with Crippen molar-refractivity contribution in [2.24, 2.45) is 5.73 Å². The molecule has 3 amide bonds. The smallest absolute Gasteiger partial charge is 0.326 e. The summed E-state index contributed by atoms with van der Waals surface area (Å²) in [6.07, 6.45) is 2.22. The lowest BCUT2D eigenvalue weighted by Gasteiger charge is -2.25. The van der Waals surface area contributed by atoms with Gasteiger partial charge in [-0.25, -0.2) is 4.79 Å². The highest BCUT2D eigenvalue weighted by molar-refractivity contribution is 7.98. The molecule has 0 aliphatic rings. The normalized spacial score (nSPS) is 14.0. The lowest BCUT2D eigenvalue weighted by molar-refractivity contribution is -0.142. The van der Waals surface area contributed by atoms with Gasteiger partial charge in [-0.3, -0.25) is 14.4 Å². The molecule has 0 spiro atoms. The van der Waals surface area contributed by atoms with Crippen LogP contribution in [0.1, 0.15) is 17.5 Å². The summed E-state index contributed by atoms with van der Waals surface area (Å²) >= 11 is 5.50. The number of aromatic hydroxyl groups is 1. The molecule has 38 heavy (non-hydrogen) atoms. The van der Waals surface area contributed by atoms with Crippen LogP contribution in [-0.2, 0) is 32.0 Å². The molecule has 10 nitrogen and oxygen atoms in total. The van der Waals surface area contributed by atoms with E-state index < -0.39 is 47.9 Å². The third-order valence-corrected chi connectivity index (χ3v) is 6.72. The van der Waals surface area contributed by atoms with Crippen LogP contribution in [0.15, 0.2) is 54.6 Å². The van der Waals surface area contributed by atoms with E-state index in [0.717, 1.165) is 5.56 Å². The second kappa shape index (κ2) is 15.9. The SMILES string of the molecule is CSCCC(NC(=O)C(N)CS)C(=O)NC(Cc1ccc(O)cc1)C(=O)NC(Cc1ccccc1)C(=O)O. The number of carbonyl (C=O) groups excluding carboxylic acids is 3. The van der Waals surface area contributed by atoms with Crippen molar-refractivity contribution in [1.29, 1.82) is 0 Å². The van der Waals surface area contributed by atoms with Gasteiger partial charge in [0.25, 0.3) is 0 Å². The van der Waals surface area contributed by atoms with Crippen LogP contribution in [0.2, 0.25) is 0 Å². The summed E-state index contributed by atoms with van der Waals surface area (Å²) in [4.78, 5) is 50.8. The number of carboxylic acid groups (broad SMARTS) is 1. The van der Waals surface area contributed by atoms with Gasteiger partial charge in [-0.2, -0.15) is 24.4 Å². The number of phenols is 1. The maximum Gasteiger partial charge on any atom is 0.326 e. The Morgan fingerprint density at radius 3 is 1.95 bits per heavy atom. The van der Waals surface area contributed by atoms with Crippen LogP contribution in [0.3, 0.4) is 0 Å². The third kappa shape index (κ3) is 10.3. The van der Waals surface area contributed by atoms with Crippen LogP contribution < -0.4 is 21.7 Å². The van der Waals surface area contributed by atoms with E-state index >= 15 is 0 Å². The van der Waals surface area contributed by atoms with E-state index in [1.165, 1.54) is 23.9 Å². The fourth-order valence-electron chi connectivity index (χ4n) is 3.54. The van der Waals surface area contributed by atoms with Gasteiger partial charge >= 0.3 is 5.97 Å². The van der Waals surface area contributed by atoms with Gasteiger partial charge in [-0.05, 0) is 41.7 Å². The zero-order valence-electron chi connectivity index (χ0n) is 21.0. The van der Waals surface area contributed by atoms with Crippen LogP contribution >= 0.6 is 24.4 Å². The zero-order valence-corrected chi connectivity index (χ0v) is 22.7. The average molecular weight is 563 g/mol. The van der Waals surface area contributed by atoms with Gasteiger partial charge in [-0.1, -0.05) is 42.5 Å². The van der Waals surface area contributed by atoms with Crippen LogP contribution in [0, 0.1) is 0 Å².